The Morgan fingerprint density at radius 3 is 2.25 bits per heavy atom. The zero-order valence-electron chi connectivity index (χ0n) is 21.0. The molecule has 4 rings (SSSR count). The van der Waals surface area contributed by atoms with Crippen LogP contribution in [0.3, 0.4) is 0 Å². The fraction of sp³-hybridized carbons (Fsp3) is 0.241. The van der Waals surface area contributed by atoms with Crippen molar-refractivity contribution >= 4 is 29.4 Å². The number of aromatic carboxylic acids is 1. The first-order valence-corrected chi connectivity index (χ1v) is 12.7. The van der Waals surface area contributed by atoms with Crippen LogP contribution in [-0.4, -0.2) is 47.7 Å². The van der Waals surface area contributed by atoms with Gasteiger partial charge < -0.3 is 20.5 Å². The summed E-state index contributed by atoms with van der Waals surface area (Å²) in [5, 5.41) is 24.5. The van der Waals surface area contributed by atoms with Gasteiger partial charge in [-0.2, -0.15) is 5.26 Å². The predicted octanol–water partition coefficient (Wildman–Crippen LogP) is 4.51. The summed E-state index contributed by atoms with van der Waals surface area (Å²) in [6, 6.07) is 14.2. The van der Waals surface area contributed by atoms with Crippen LogP contribution in [0.1, 0.15) is 39.1 Å². The third-order valence-electron chi connectivity index (χ3n) is 6.69. The van der Waals surface area contributed by atoms with E-state index in [9.17, 15) is 33.5 Å². The van der Waals surface area contributed by atoms with Crippen LogP contribution in [-0.2, 0) is 16.0 Å². The van der Waals surface area contributed by atoms with Crippen molar-refractivity contribution in [3.63, 3.8) is 0 Å². The Morgan fingerprint density at radius 1 is 1.02 bits per heavy atom. The van der Waals surface area contributed by atoms with Gasteiger partial charge in [0.2, 0.25) is 5.91 Å². The van der Waals surface area contributed by atoms with Gasteiger partial charge in [-0.3, -0.25) is 9.59 Å². The molecule has 0 saturated carbocycles. The highest BCUT2D eigenvalue weighted by atomic mass is 35.5. The molecule has 2 amide bonds. The minimum atomic E-state index is -1.41. The van der Waals surface area contributed by atoms with E-state index >= 15 is 0 Å². The lowest BCUT2D eigenvalue weighted by Crippen LogP contribution is -2.57. The summed E-state index contributed by atoms with van der Waals surface area (Å²) in [5.74, 6) is -4.35. The van der Waals surface area contributed by atoms with E-state index in [2.05, 4.69) is 16.7 Å². The van der Waals surface area contributed by atoms with Crippen molar-refractivity contribution in [1.82, 2.24) is 10.6 Å². The molecule has 0 aromatic heterocycles. The van der Waals surface area contributed by atoms with E-state index in [0.717, 1.165) is 12.1 Å². The molecule has 3 aromatic rings. The number of hydrogen-bond donors (Lipinski definition) is 3. The smallest absolute Gasteiger partial charge is 0.335 e. The van der Waals surface area contributed by atoms with Crippen LogP contribution in [0.4, 0.5) is 8.78 Å². The zero-order valence-corrected chi connectivity index (χ0v) is 21.8. The molecular formula is C29H24ClF2N3O5. The second kappa shape index (κ2) is 12.2. The highest BCUT2D eigenvalue weighted by Gasteiger charge is 2.37. The maximum absolute atomic E-state index is 14.5. The monoisotopic (exact) mass is 567 g/mol. The highest BCUT2D eigenvalue weighted by Crippen LogP contribution is 2.29. The molecule has 0 spiro atoms. The van der Waals surface area contributed by atoms with Crippen LogP contribution in [0.5, 0.6) is 0 Å². The molecule has 0 bridgehead atoms. The van der Waals surface area contributed by atoms with Gasteiger partial charge in [0.1, 0.15) is 23.2 Å². The topological polar surface area (TPSA) is 129 Å². The number of benzene rings is 3. The standard InChI is InChI=1S/C29H24ClF2N3O5/c30-22-9-8-19(28(38)39)14-20(22)17-4-6-18(7-5-17)26(36)34-25(15-21-23(31)2-1-3-24(21)32)27(37)35-29(16-33)10-12-40-13-11-29/h1-9,14,25H,10-13,15H2,(H,34,36)(H,35,37)(H,38,39)/t25-/m0/s1. The van der Waals surface area contributed by atoms with Gasteiger partial charge in [-0.25, -0.2) is 13.6 Å². The minimum absolute atomic E-state index is 0.0371. The van der Waals surface area contributed by atoms with Crippen molar-refractivity contribution in [1.29, 1.82) is 5.26 Å². The van der Waals surface area contributed by atoms with Crippen LogP contribution in [0.15, 0.2) is 60.7 Å². The summed E-state index contributed by atoms with van der Waals surface area (Å²) in [4.78, 5) is 37.8. The maximum atomic E-state index is 14.5. The molecule has 1 aliphatic heterocycles. The first kappa shape index (κ1) is 28.7. The number of nitrogens with zero attached hydrogens (tertiary/aromatic N) is 1. The van der Waals surface area contributed by atoms with E-state index in [0.29, 0.717) is 16.1 Å². The Hall–Kier alpha value is -4.33. The molecule has 1 saturated heterocycles. The number of hydrogen-bond acceptors (Lipinski definition) is 5. The molecule has 8 nitrogen and oxygen atoms in total. The van der Waals surface area contributed by atoms with Gasteiger partial charge in [-0.15, -0.1) is 0 Å². The highest BCUT2D eigenvalue weighted by molar-refractivity contribution is 6.33. The van der Waals surface area contributed by atoms with E-state index in [1.54, 1.807) is 12.1 Å². The van der Waals surface area contributed by atoms with Crippen molar-refractivity contribution < 1.29 is 33.0 Å². The molecule has 1 heterocycles. The van der Waals surface area contributed by atoms with Gasteiger partial charge in [0.05, 0.1) is 11.6 Å². The summed E-state index contributed by atoms with van der Waals surface area (Å²) >= 11 is 6.24. The lowest BCUT2D eigenvalue weighted by Gasteiger charge is -2.33. The SMILES string of the molecule is N#CC1(NC(=O)[C@H](Cc2c(F)cccc2F)NC(=O)c2ccc(-c3cc(C(=O)O)ccc3Cl)cc2)CCOCC1. The molecule has 0 aliphatic carbocycles. The quantitative estimate of drug-likeness (QED) is 0.367. The summed E-state index contributed by atoms with van der Waals surface area (Å²) < 4.78 is 34.2. The number of ether oxygens (including phenoxy) is 1. The van der Waals surface area contributed by atoms with E-state index < -0.39 is 47.4 Å². The summed E-state index contributed by atoms with van der Waals surface area (Å²) in [6.45, 7) is 0.497. The van der Waals surface area contributed by atoms with Crippen molar-refractivity contribution in [2.75, 3.05) is 13.2 Å². The van der Waals surface area contributed by atoms with Gasteiger partial charge in [-0.05, 0) is 48.0 Å². The first-order valence-electron chi connectivity index (χ1n) is 12.3. The minimum Gasteiger partial charge on any atom is -0.478 e. The number of carbonyl (C=O) groups excluding carboxylic acids is 2. The zero-order chi connectivity index (χ0) is 28.9. The Morgan fingerprint density at radius 2 is 1.65 bits per heavy atom. The first-order chi connectivity index (χ1) is 19.1. The Bertz CT molecular complexity index is 1460. The Kier molecular flexibility index (Phi) is 8.77. The molecule has 1 fully saturated rings. The van der Waals surface area contributed by atoms with Crippen molar-refractivity contribution in [2.24, 2.45) is 0 Å². The Balaban J connectivity index is 1.58. The van der Waals surface area contributed by atoms with Crippen molar-refractivity contribution in [2.45, 2.75) is 30.8 Å². The molecule has 1 aliphatic rings. The van der Waals surface area contributed by atoms with E-state index in [1.807, 2.05) is 0 Å². The number of carboxylic acids is 1. The van der Waals surface area contributed by atoms with Crippen LogP contribution in [0, 0.1) is 23.0 Å². The molecule has 3 aromatic carbocycles. The van der Waals surface area contributed by atoms with Crippen LogP contribution in [0.2, 0.25) is 5.02 Å². The largest absolute Gasteiger partial charge is 0.478 e. The number of carbonyl (C=O) groups is 3. The van der Waals surface area contributed by atoms with Crippen molar-refractivity contribution in [3.8, 4) is 17.2 Å². The van der Waals surface area contributed by atoms with Gasteiger partial charge >= 0.3 is 5.97 Å². The fourth-order valence-corrected chi connectivity index (χ4v) is 4.60. The molecule has 3 N–H and O–H groups in total. The second-order valence-corrected chi connectivity index (χ2v) is 9.71. The second-order valence-electron chi connectivity index (χ2n) is 9.30. The molecule has 0 unspecified atom stereocenters. The number of rotatable bonds is 8. The number of halogens is 3. The maximum Gasteiger partial charge on any atom is 0.335 e. The van der Waals surface area contributed by atoms with E-state index in [-0.39, 0.29) is 42.7 Å². The van der Waals surface area contributed by atoms with Crippen molar-refractivity contribution in [3.05, 3.63) is 94.0 Å². The molecule has 11 heteroatoms. The van der Waals surface area contributed by atoms with Gasteiger partial charge in [0.25, 0.3) is 5.91 Å². The van der Waals surface area contributed by atoms with Gasteiger partial charge in [0, 0.05) is 54.2 Å². The average Bonchev–Trinajstić information content (AvgIpc) is 2.95. The predicted molar refractivity (Wildman–Crippen MR) is 142 cm³/mol. The lowest BCUT2D eigenvalue weighted by atomic mass is 9.91. The Labute approximate surface area is 233 Å². The number of nitrogens with one attached hydrogen (secondary N) is 2. The molecule has 40 heavy (non-hydrogen) atoms. The van der Waals surface area contributed by atoms with E-state index in [1.165, 1.54) is 36.4 Å². The number of carboxylic acid groups (broad SMARTS) is 1. The normalized spacial score (nSPS) is 14.9. The number of nitriles is 1. The summed E-state index contributed by atoms with van der Waals surface area (Å²) in [6.07, 6.45) is -0.0576. The summed E-state index contributed by atoms with van der Waals surface area (Å²) in [5.41, 5.74) is -0.472. The average molecular weight is 568 g/mol. The fourth-order valence-electron chi connectivity index (χ4n) is 4.37. The lowest BCUT2D eigenvalue weighted by molar-refractivity contribution is -0.125. The molecule has 0 radical (unpaired) electrons. The van der Waals surface area contributed by atoms with Crippen LogP contribution < -0.4 is 10.6 Å². The third kappa shape index (κ3) is 6.45. The number of amides is 2. The summed E-state index contributed by atoms with van der Waals surface area (Å²) in [7, 11) is 0. The van der Waals surface area contributed by atoms with Gasteiger partial charge in [-0.1, -0.05) is 29.8 Å². The molecule has 206 valence electrons. The van der Waals surface area contributed by atoms with Crippen LogP contribution in [0.25, 0.3) is 11.1 Å². The van der Waals surface area contributed by atoms with E-state index in [4.69, 9.17) is 16.3 Å². The molecular weight excluding hydrogens is 544 g/mol. The molecule has 1 atom stereocenters. The van der Waals surface area contributed by atoms with Gasteiger partial charge in [0.15, 0.2) is 0 Å². The van der Waals surface area contributed by atoms with Crippen LogP contribution >= 0.6 is 11.6 Å². The third-order valence-corrected chi connectivity index (χ3v) is 7.02.